The van der Waals surface area contributed by atoms with Crippen molar-refractivity contribution in [3.8, 4) is 0 Å². The predicted octanol–water partition coefficient (Wildman–Crippen LogP) is 3.03. The van der Waals surface area contributed by atoms with Crippen LogP contribution in [0.5, 0.6) is 0 Å². The fraction of sp³-hybridized carbons (Fsp3) is 0.846. The van der Waals surface area contributed by atoms with Gasteiger partial charge in [0.25, 0.3) is 0 Å². The van der Waals surface area contributed by atoms with Gasteiger partial charge in [-0.25, -0.2) is 0 Å². The van der Waals surface area contributed by atoms with Gasteiger partial charge in [0.15, 0.2) is 12.1 Å². The molecular formula is C13H23O6P. The second-order valence-electron chi connectivity index (χ2n) is 5.17. The first kappa shape index (κ1) is 16.1. The van der Waals surface area contributed by atoms with Crippen LogP contribution >= 0.6 is 7.60 Å². The Hall–Kier alpha value is -0.230. The van der Waals surface area contributed by atoms with Gasteiger partial charge in [-0.2, -0.15) is 0 Å². The Morgan fingerprint density at radius 3 is 2.45 bits per heavy atom. The van der Waals surface area contributed by atoms with Crippen LogP contribution < -0.4 is 0 Å². The molecule has 2 rings (SSSR count). The third-order valence-corrected chi connectivity index (χ3v) is 4.79. The molecule has 0 aromatic rings. The molecule has 0 spiro atoms. The van der Waals surface area contributed by atoms with Crippen LogP contribution in [0.2, 0.25) is 0 Å². The Morgan fingerprint density at radius 2 is 1.90 bits per heavy atom. The quantitative estimate of drug-likeness (QED) is 0.703. The van der Waals surface area contributed by atoms with Crippen molar-refractivity contribution in [2.24, 2.45) is 0 Å². The van der Waals surface area contributed by atoms with Gasteiger partial charge in [0.2, 0.25) is 0 Å². The van der Waals surface area contributed by atoms with Crippen LogP contribution in [0.4, 0.5) is 0 Å². The smallest absolute Gasteiger partial charge is 0.342 e. The first-order chi connectivity index (χ1) is 9.37. The highest BCUT2D eigenvalue weighted by Gasteiger charge is 2.48. The summed E-state index contributed by atoms with van der Waals surface area (Å²) in [4.78, 5) is 0. The minimum atomic E-state index is -3.17. The van der Waals surface area contributed by atoms with Crippen LogP contribution in [0.25, 0.3) is 0 Å². The van der Waals surface area contributed by atoms with Crippen LogP contribution in [0, 0.1) is 0 Å². The van der Waals surface area contributed by atoms with E-state index in [0.717, 1.165) is 0 Å². The summed E-state index contributed by atoms with van der Waals surface area (Å²) in [5.41, 5.74) is 0. The molecule has 20 heavy (non-hydrogen) atoms. The van der Waals surface area contributed by atoms with E-state index in [1.54, 1.807) is 19.9 Å². The first-order valence-electron chi connectivity index (χ1n) is 6.97. The minimum Gasteiger partial charge on any atom is -0.342 e. The summed E-state index contributed by atoms with van der Waals surface area (Å²) in [6, 6.07) is 0. The van der Waals surface area contributed by atoms with E-state index in [4.69, 9.17) is 23.3 Å². The number of rotatable bonds is 6. The van der Waals surface area contributed by atoms with Crippen LogP contribution in [-0.2, 0) is 27.8 Å². The summed E-state index contributed by atoms with van der Waals surface area (Å²) < 4.78 is 39.7. The van der Waals surface area contributed by atoms with E-state index in [1.165, 1.54) is 5.82 Å². The molecule has 2 fully saturated rings. The Bertz CT molecular complexity index is 382. The molecule has 0 aliphatic carbocycles. The third-order valence-electron chi connectivity index (χ3n) is 3.01. The van der Waals surface area contributed by atoms with Crippen molar-refractivity contribution in [3.05, 3.63) is 11.9 Å². The Balaban J connectivity index is 1.92. The summed E-state index contributed by atoms with van der Waals surface area (Å²) in [6.45, 7) is 7.94. The summed E-state index contributed by atoms with van der Waals surface area (Å²) in [5.74, 6) is 0.868. The van der Waals surface area contributed by atoms with Gasteiger partial charge in [0.05, 0.1) is 19.3 Å². The molecule has 0 saturated carbocycles. The monoisotopic (exact) mass is 306 g/mol. The molecular weight excluding hydrogens is 283 g/mol. The van der Waals surface area contributed by atoms with E-state index >= 15 is 0 Å². The van der Waals surface area contributed by atoms with Crippen molar-refractivity contribution in [3.63, 3.8) is 0 Å². The fourth-order valence-corrected chi connectivity index (χ4v) is 3.71. The standard InChI is InChI=1S/C13H23O6P/c1-5-15-20(14,16-6-2)8-7-10-9-11-12(17-10)19-13(3,4)18-11/h7-8,10-12H,5-6,9H2,1-4H3/b8-7+. The lowest BCUT2D eigenvalue weighted by Crippen LogP contribution is -2.24. The van der Waals surface area contributed by atoms with E-state index in [0.29, 0.717) is 19.6 Å². The van der Waals surface area contributed by atoms with E-state index in [9.17, 15) is 4.57 Å². The minimum absolute atomic E-state index is 0.0850. The molecule has 2 aliphatic heterocycles. The van der Waals surface area contributed by atoms with Crippen LogP contribution in [0.3, 0.4) is 0 Å². The summed E-state index contributed by atoms with van der Waals surface area (Å²) in [7, 11) is -3.17. The molecule has 0 amide bonds. The van der Waals surface area contributed by atoms with Gasteiger partial charge in [-0.05, 0) is 33.8 Å². The van der Waals surface area contributed by atoms with Crippen molar-refractivity contribution in [2.75, 3.05) is 13.2 Å². The lowest BCUT2D eigenvalue weighted by atomic mass is 10.2. The zero-order valence-electron chi connectivity index (χ0n) is 12.4. The molecule has 2 aliphatic rings. The van der Waals surface area contributed by atoms with Gasteiger partial charge >= 0.3 is 7.60 Å². The summed E-state index contributed by atoms with van der Waals surface area (Å²) in [5, 5.41) is 0. The highest BCUT2D eigenvalue weighted by molar-refractivity contribution is 7.57. The molecule has 2 heterocycles. The van der Waals surface area contributed by atoms with Crippen molar-refractivity contribution in [2.45, 2.75) is 58.4 Å². The van der Waals surface area contributed by atoms with Gasteiger partial charge in [0.1, 0.15) is 6.10 Å². The Kier molecular flexibility index (Phi) is 5.05. The van der Waals surface area contributed by atoms with Gasteiger partial charge in [0, 0.05) is 12.2 Å². The van der Waals surface area contributed by atoms with Gasteiger partial charge in [-0.15, -0.1) is 0 Å². The highest BCUT2D eigenvalue weighted by Crippen LogP contribution is 2.50. The van der Waals surface area contributed by atoms with E-state index in [-0.39, 0.29) is 18.5 Å². The lowest BCUT2D eigenvalue weighted by molar-refractivity contribution is -0.200. The number of hydrogen-bond acceptors (Lipinski definition) is 6. The number of hydrogen-bond donors (Lipinski definition) is 0. The van der Waals surface area contributed by atoms with Crippen molar-refractivity contribution >= 4 is 7.60 Å². The molecule has 3 atom stereocenters. The highest BCUT2D eigenvalue weighted by atomic mass is 31.2. The Morgan fingerprint density at radius 1 is 1.25 bits per heavy atom. The zero-order chi connectivity index (χ0) is 14.8. The topological polar surface area (TPSA) is 63.2 Å². The maximum absolute atomic E-state index is 12.3. The molecule has 3 unspecified atom stereocenters. The predicted molar refractivity (Wildman–Crippen MR) is 73.3 cm³/mol. The normalized spacial score (nSPS) is 32.9. The van der Waals surface area contributed by atoms with Crippen molar-refractivity contribution in [1.82, 2.24) is 0 Å². The number of ether oxygens (including phenoxy) is 3. The van der Waals surface area contributed by atoms with Gasteiger partial charge in [-0.1, -0.05) is 0 Å². The second kappa shape index (κ2) is 6.26. The molecule has 7 heteroatoms. The van der Waals surface area contributed by atoms with Gasteiger partial charge < -0.3 is 23.3 Å². The average molecular weight is 306 g/mol. The lowest BCUT2D eigenvalue weighted by Gasteiger charge is -2.19. The molecule has 0 bridgehead atoms. The molecule has 0 N–H and O–H groups in total. The van der Waals surface area contributed by atoms with Gasteiger partial charge in [-0.3, -0.25) is 4.57 Å². The molecule has 116 valence electrons. The van der Waals surface area contributed by atoms with Crippen LogP contribution in [-0.4, -0.2) is 37.5 Å². The molecule has 0 aromatic heterocycles. The molecule has 2 saturated heterocycles. The maximum atomic E-state index is 12.3. The Labute approximate surface area is 119 Å². The third kappa shape index (κ3) is 3.91. The molecule has 6 nitrogen and oxygen atoms in total. The number of fused-ring (bicyclic) bond motifs is 1. The van der Waals surface area contributed by atoms with Crippen molar-refractivity contribution in [1.29, 1.82) is 0 Å². The first-order valence-corrected chi connectivity index (χ1v) is 8.58. The largest absolute Gasteiger partial charge is 0.353 e. The summed E-state index contributed by atoms with van der Waals surface area (Å²) in [6.07, 6.45) is 1.74. The maximum Gasteiger partial charge on any atom is 0.353 e. The average Bonchev–Trinajstić information content (AvgIpc) is 2.80. The second-order valence-corrected chi connectivity index (χ2v) is 7.06. The van der Waals surface area contributed by atoms with Crippen LogP contribution in [0.1, 0.15) is 34.1 Å². The SMILES string of the molecule is CCOP(=O)(/C=C/C1CC2OC(C)(C)OC2O1)OCC. The zero-order valence-corrected chi connectivity index (χ0v) is 13.3. The fourth-order valence-electron chi connectivity index (χ4n) is 2.34. The molecule has 0 aromatic carbocycles. The molecule has 0 radical (unpaired) electrons. The van der Waals surface area contributed by atoms with Crippen molar-refractivity contribution < 1.29 is 27.8 Å². The van der Waals surface area contributed by atoms with E-state index in [1.807, 2.05) is 13.8 Å². The van der Waals surface area contributed by atoms with E-state index in [2.05, 4.69) is 0 Å². The van der Waals surface area contributed by atoms with Crippen LogP contribution in [0.15, 0.2) is 11.9 Å². The summed E-state index contributed by atoms with van der Waals surface area (Å²) >= 11 is 0. The van der Waals surface area contributed by atoms with E-state index < -0.39 is 13.4 Å².